The zero-order valence-electron chi connectivity index (χ0n) is 11.7. The van der Waals surface area contributed by atoms with Gasteiger partial charge in [0.1, 0.15) is 5.82 Å². The lowest BCUT2D eigenvalue weighted by Gasteiger charge is -2.12. The van der Waals surface area contributed by atoms with Gasteiger partial charge in [0, 0.05) is 20.1 Å². The van der Waals surface area contributed by atoms with Gasteiger partial charge in [0.05, 0.1) is 12.4 Å². The van der Waals surface area contributed by atoms with E-state index >= 15 is 0 Å². The van der Waals surface area contributed by atoms with Gasteiger partial charge in [-0.15, -0.1) is 10.2 Å². The fraction of sp³-hybridized carbons (Fsp3) is 0.769. The molecule has 1 fully saturated rings. The van der Waals surface area contributed by atoms with Crippen molar-refractivity contribution in [2.75, 3.05) is 19.5 Å². The van der Waals surface area contributed by atoms with Gasteiger partial charge in [0.25, 0.3) is 0 Å². The van der Waals surface area contributed by atoms with Gasteiger partial charge < -0.3 is 14.4 Å². The Morgan fingerprint density at radius 3 is 2.85 bits per heavy atom. The highest BCUT2D eigenvalue weighted by Gasteiger charge is 2.20. The van der Waals surface area contributed by atoms with E-state index in [-0.39, 0.29) is 5.75 Å². The summed E-state index contributed by atoms with van der Waals surface area (Å²) in [6.07, 6.45) is 6.06. The second kappa shape index (κ2) is 7.64. The second-order valence-corrected chi connectivity index (χ2v) is 6.02. The fourth-order valence-corrected chi connectivity index (χ4v) is 3.29. The number of ether oxygens (including phenoxy) is 1. The highest BCUT2D eigenvalue weighted by molar-refractivity contribution is 7.99. The van der Waals surface area contributed by atoms with E-state index in [1.165, 1.54) is 37.4 Å². The molecule has 0 aliphatic heterocycles. The largest absolute Gasteiger partial charge is 0.481 e. The number of hydrogen-bond donors (Lipinski definition) is 1. The first kappa shape index (κ1) is 15.3. The molecule has 0 radical (unpaired) electrons. The quantitative estimate of drug-likeness (QED) is 0.738. The Kier molecular flexibility index (Phi) is 5.85. The third-order valence-electron chi connectivity index (χ3n) is 3.58. The van der Waals surface area contributed by atoms with Crippen molar-refractivity contribution >= 4 is 17.7 Å². The molecule has 20 heavy (non-hydrogen) atoms. The molecule has 1 aliphatic rings. The van der Waals surface area contributed by atoms with Crippen molar-refractivity contribution in [2.24, 2.45) is 5.92 Å². The summed E-state index contributed by atoms with van der Waals surface area (Å²) in [6, 6.07) is 0. The van der Waals surface area contributed by atoms with E-state index in [9.17, 15) is 4.79 Å². The zero-order valence-corrected chi connectivity index (χ0v) is 12.6. The van der Waals surface area contributed by atoms with Gasteiger partial charge in [-0.1, -0.05) is 37.4 Å². The smallest absolute Gasteiger partial charge is 0.313 e. The normalized spacial score (nSPS) is 15.8. The molecular weight excluding hydrogens is 278 g/mol. The third-order valence-corrected chi connectivity index (χ3v) is 4.53. The molecule has 1 aromatic rings. The fourth-order valence-electron chi connectivity index (χ4n) is 2.58. The van der Waals surface area contributed by atoms with Gasteiger partial charge in [-0.3, -0.25) is 4.79 Å². The van der Waals surface area contributed by atoms with Gasteiger partial charge in [-0.2, -0.15) is 0 Å². The maximum absolute atomic E-state index is 10.7. The predicted molar refractivity (Wildman–Crippen MR) is 75.9 cm³/mol. The van der Waals surface area contributed by atoms with Crippen molar-refractivity contribution in [1.82, 2.24) is 14.8 Å². The van der Waals surface area contributed by atoms with Crippen molar-refractivity contribution in [3.63, 3.8) is 0 Å². The predicted octanol–water partition coefficient (Wildman–Crippen LogP) is 1.83. The molecule has 0 spiro atoms. The Labute approximate surface area is 122 Å². The highest BCUT2D eigenvalue weighted by atomic mass is 32.2. The summed E-state index contributed by atoms with van der Waals surface area (Å²) < 4.78 is 7.13. The van der Waals surface area contributed by atoms with E-state index in [4.69, 9.17) is 9.84 Å². The Morgan fingerprint density at radius 2 is 2.20 bits per heavy atom. The lowest BCUT2D eigenvalue weighted by atomic mass is 10.0. The van der Waals surface area contributed by atoms with Gasteiger partial charge >= 0.3 is 5.97 Å². The maximum Gasteiger partial charge on any atom is 0.313 e. The Balaban J connectivity index is 2.06. The summed E-state index contributed by atoms with van der Waals surface area (Å²) >= 11 is 1.22. The molecule has 6 nitrogen and oxygen atoms in total. The summed E-state index contributed by atoms with van der Waals surface area (Å²) in [5, 5.41) is 17.8. The molecule has 1 aliphatic carbocycles. The van der Waals surface area contributed by atoms with E-state index < -0.39 is 5.97 Å². The molecule has 0 saturated heterocycles. The molecule has 1 aromatic heterocycles. The van der Waals surface area contributed by atoms with Crippen LogP contribution in [0.25, 0.3) is 0 Å². The summed E-state index contributed by atoms with van der Waals surface area (Å²) in [4.78, 5) is 10.7. The molecule has 0 bridgehead atoms. The van der Waals surface area contributed by atoms with Crippen molar-refractivity contribution in [1.29, 1.82) is 0 Å². The van der Waals surface area contributed by atoms with Gasteiger partial charge in [0.2, 0.25) is 0 Å². The number of rotatable bonds is 8. The van der Waals surface area contributed by atoms with Crippen LogP contribution in [0, 0.1) is 5.92 Å². The van der Waals surface area contributed by atoms with Gasteiger partial charge in [-0.25, -0.2) is 0 Å². The lowest BCUT2D eigenvalue weighted by molar-refractivity contribution is -0.133. The van der Waals surface area contributed by atoms with Crippen molar-refractivity contribution in [3.8, 4) is 0 Å². The molecule has 1 N–H and O–H groups in total. The topological polar surface area (TPSA) is 77.2 Å². The van der Waals surface area contributed by atoms with Crippen LogP contribution in [-0.2, 0) is 22.5 Å². The maximum atomic E-state index is 10.7. The van der Waals surface area contributed by atoms with Crippen LogP contribution in [0.1, 0.15) is 31.5 Å². The molecule has 2 rings (SSSR count). The van der Waals surface area contributed by atoms with Gasteiger partial charge in [-0.05, 0) is 5.92 Å². The number of carbonyl (C=O) groups is 1. The monoisotopic (exact) mass is 299 g/mol. The molecule has 112 valence electrons. The number of methoxy groups -OCH3 is 1. The SMILES string of the molecule is COCCn1c(CC2CCCC2)nnc1SCC(=O)O. The number of aliphatic carboxylic acids is 1. The Morgan fingerprint density at radius 1 is 1.45 bits per heavy atom. The number of aromatic nitrogens is 3. The minimum absolute atomic E-state index is 0.00848. The van der Waals surface area contributed by atoms with Crippen LogP contribution in [0.15, 0.2) is 5.16 Å². The van der Waals surface area contributed by atoms with Crippen LogP contribution < -0.4 is 0 Å². The van der Waals surface area contributed by atoms with Crippen molar-refractivity contribution < 1.29 is 14.6 Å². The van der Waals surface area contributed by atoms with Crippen LogP contribution in [-0.4, -0.2) is 45.3 Å². The number of carboxylic acid groups (broad SMARTS) is 1. The summed E-state index contributed by atoms with van der Waals surface area (Å²) in [6.45, 7) is 1.25. The van der Waals surface area contributed by atoms with Crippen molar-refractivity contribution in [3.05, 3.63) is 5.82 Å². The van der Waals surface area contributed by atoms with Crippen molar-refractivity contribution in [2.45, 2.75) is 43.8 Å². The van der Waals surface area contributed by atoms with Crippen LogP contribution in [0.4, 0.5) is 0 Å². The molecule has 1 heterocycles. The van der Waals surface area contributed by atoms with E-state index in [0.29, 0.717) is 24.2 Å². The minimum atomic E-state index is -0.839. The molecular formula is C13H21N3O3S. The van der Waals surface area contributed by atoms with Gasteiger partial charge in [0.15, 0.2) is 5.16 Å². The lowest BCUT2D eigenvalue weighted by Crippen LogP contribution is -2.13. The molecule has 0 unspecified atom stereocenters. The molecule has 0 atom stereocenters. The number of thioether (sulfide) groups is 1. The number of nitrogens with zero attached hydrogens (tertiary/aromatic N) is 3. The first-order valence-electron chi connectivity index (χ1n) is 6.96. The van der Waals surface area contributed by atoms with Crippen LogP contribution >= 0.6 is 11.8 Å². The van der Waals surface area contributed by atoms with E-state index in [1.807, 2.05) is 4.57 Å². The second-order valence-electron chi connectivity index (χ2n) is 5.08. The third kappa shape index (κ3) is 4.21. The Bertz CT molecular complexity index is 444. The summed E-state index contributed by atoms with van der Waals surface area (Å²) in [5.74, 6) is 0.822. The first-order valence-corrected chi connectivity index (χ1v) is 7.95. The Hall–Kier alpha value is -1.08. The average Bonchev–Trinajstić information content (AvgIpc) is 3.05. The van der Waals surface area contributed by atoms with Crippen LogP contribution in [0.3, 0.4) is 0 Å². The molecule has 0 amide bonds. The standard InChI is InChI=1S/C13H21N3O3S/c1-19-7-6-16-11(8-10-4-2-3-5-10)14-15-13(16)20-9-12(17)18/h10H,2-9H2,1H3,(H,17,18). The minimum Gasteiger partial charge on any atom is -0.481 e. The molecule has 7 heteroatoms. The van der Waals surface area contributed by atoms with E-state index in [2.05, 4.69) is 10.2 Å². The molecule has 1 saturated carbocycles. The average molecular weight is 299 g/mol. The van der Waals surface area contributed by atoms with Crippen LogP contribution in [0.2, 0.25) is 0 Å². The first-order chi connectivity index (χ1) is 9.70. The zero-order chi connectivity index (χ0) is 14.4. The summed E-state index contributed by atoms with van der Waals surface area (Å²) in [5.41, 5.74) is 0. The van der Waals surface area contributed by atoms with E-state index in [1.54, 1.807) is 7.11 Å². The van der Waals surface area contributed by atoms with E-state index in [0.717, 1.165) is 12.2 Å². The number of hydrogen-bond acceptors (Lipinski definition) is 5. The number of carboxylic acids is 1. The highest BCUT2D eigenvalue weighted by Crippen LogP contribution is 2.28. The van der Waals surface area contributed by atoms with Crippen LogP contribution in [0.5, 0.6) is 0 Å². The molecule has 0 aromatic carbocycles. The summed E-state index contributed by atoms with van der Waals surface area (Å²) in [7, 11) is 1.66.